The maximum Gasteiger partial charge on any atom is 0.415 e. The molecule has 0 spiro atoms. The molecule has 0 saturated carbocycles. The molecule has 1 amide bonds. The summed E-state index contributed by atoms with van der Waals surface area (Å²) in [6.45, 7) is 10.9. The van der Waals surface area contributed by atoms with Gasteiger partial charge in [0.05, 0.1) is 31.9 Å². The molecule has 3 unspecified atom stereocenters. The number of esters is 1. The van der Waals surface area contributed by atoms with Crippen molar-refractivity contribution in [2.24, 2.45) is 5.92 Å². The molecule has 1 fully saturated rings. The minimum atomic E-state index is -0.633. The van der Waals surface area contributed by atoms with Gasteiger partial charge in [0.1, 0.15) is 11.4 Å². The Hall–Kier alpha value is -2.54. The van der Waals surface area contributed by atoms with Crippen molar-refractivity contribution in [2.75, 3.05) is 32.2 Å². The number of anilines is 1. The van der Waals surface area contributed by atoms with Crippen LogP contribution in [-0.4, -0.2) is 62.0 Å². The Bertz CT molecular complexity index is 832. The molecule has 0 radical (unpaired) electrons. The molecule has 1 saturated heterocycles. The standard InChI is InChI=1S/C24H34N2O5/c1-7-12-25-13-8-9-18(22(27)30-6)21(25)20-15-16-14-17(29-5)10-11-19(16)26(20)23(28)31-24(2,3)4/h7,10-11,14,18,20-21H,1,8-9,12-13,15H2,2-6H3. The first-order valence-electron chi connectivity index (χ1n) is 10.8. The fourth-order valence-corrected chi connectivity index (χ4v) is 4.79. The van der Waals surface area contributed by atoms with E-state index in [9.17, 15) is 9.59 Å². The monoisotopic (exact) mass is 430 g/mol. The molecule has 0 N–H and O–H groups in total. The number of hydrogen-bond acceptors (Lipinski definition) is 6. The Balaban J connectivity index is 2.06. The van der Waals surface area contributed by atoms with Crippen LogP contribution in [0.3, 0.4) is 0 Å². The summed E-state index contributed by atoms with van der Waals surface area (Å²) >= 11 is 0. The van der Waals surface area contributed by atoms with Crippen molar-refractivity contribution in [1.29, 1.82) is 0 Å². The van der Waals surface area contributed by atoms with Gasteiger partial charge in [0.15, 0.2) is 0 Å². The third kappa shape index (κ3) is 4.87. The van der Waals surface area contributed by atoms with E-state index in [1.807, 2.05) is 45.0 Å². The van der Waals surface area contributed by atoms with Gasteiger partial charge in [0.2, 0.25) is 0 Å². The van der Waals surface area contributed by atoms with Crippen LogP contribution in [0.5, 0.6) is 5.75 Å². The van der Waals surface area contributed by atoms with Crippen LogP contribution >= 0.6 is 0 Å². The number of piperidine rings is 1. The van der Waals surface area contributed by atoms with Crippen LogP contribution in [0.25, 0.3) is 0 Å². The maximum absolute atomic E-state index is 13.4. The Morgan fingerprint density at radius 3 is 2.61 bits per heavy atom. The highest BCUT2D eigenvalue weighted by molar-refractivity contribution is 5.92. The Morgan fingerprint density at radius 2 is 2.00 bits per heavy atom. The molecular weight excluding hydrogens is 396 g/mol. The van der Waals surface area contributed by atoms with Gasteiger partial charge in [-0.1, -0.05) is 6.08 Å². The number of hydrogen-bond donors (Lipinski definition) is 0. The molecule has 7 nitrogen and oxygen atoms in total. The summed E-state index contributed by atoms with van der Waals surface area (Å²) in [6.07, 6.45) is 3.66. The predicted octanol–water partition coefficient (Wildman–Crippen LogP) is 3.80. The van der Waals surface area contributed by atoms with Crippen molar-refractivity contribution in [3.8, 4) is 5.75 Å². The highest BCUT2D eigenvalue weighted by atomic mass is 16.6. The van der Waals surface area contributed by atoms with Gasteiger partial charge in [0.25, 0.3) is 0 Å². The van der Waals surface area contributed by atoms with Crippen LogP contribution in [0.2, 0.25) is 0 Å². The van der Waals surface area contributed by atoms with E-state index >= 15 is 0 Å². The molecule has 3 atom stereocenters. The van der Waals surface area contributed by atoms with E-state index in [1.165, 1.54) is 7.11 Å². The van der Waals surface area contributed by atoms with Crippen LogP contribution in [0.15, 0.2) is 30.9 Å². The van der Waals surface area contributed by atoms with E-state index < -0.39 is 11.7 Å². The second kappa shape index (κ2) is 9.30. The topological polar surface area (TPSA) is 68.3 Å². The van der Waals surface area contributed by atoms with Gasteiger partial charge >= 0.3 is 12.1 Å². The molecule has 0 bridgehead atoms. The van der Waals surface area contributed by atoms with E-state index in [-0.39, 0.29) is 24.0 Å². The van der Waals surface area contributed by atoms with Gasteiger partial charge in [-0.15, -0.1) is 6.58 Å². The quantitative estimate of drug-likeness (QED) is 0.523. The van der Waals surface area contributed by atoms with Gasteiger partial charge in [-0.05, 0) is 70.3 Å². The third-order valence-corrected chi connectivity index (χ3v) is 5.95. The van der Waals surface area contributed by atoms with Crippen molar-refractivity contribution in [3.05, 3.63) is 36.4 Å². The largest absolute Gasteiger partial charge is 0.497 e. The Morgan fingerprint density at radius 1 is 1.26 bits per heavy atom. The zero-order chi connectivity index (χ0) is 22.8. The van der Waals surface area contributed by atoms with Gasteiger partial charge in [-0.2, -0.15) is 0 Å². The Kier molecular flexibility index (Phi) is 6.94. The average molecular weight is 431 g/mol. The summed E-state index contributed by atoms with van der Waals surface area (Å²) in [7, 11) is 3.05. The maximum atomic E-state index is 13.4. The molecule has 3 rings (SSSR count). The van der Waals surface area contributed by atoms with E-state index in [0.29, 0.717) is 13.0 Å². The summed E-state index contributed by atoms with van der Waals surface area (Å²) in [5.41, 5.74) is 1.17. The van der Waals surface area contributed by atoms with Gasteiger partial charge in [-0.3, -0.25) is 14.6 Å². The van der Waals surface area contributed by atoms with Crippen LogP contribution in [0.4, 0.5) is 10.5 Å². The number of benzene rings is 1. The Labute approximate surface area is 184 Å². The zero-order valence-corrected chi connectivity index (χ0v) is 19.2. The lowest BCUT2D eigenvalue weighted by molar-refractivity contribution is -0.150. The highest BCUT2D eigenvalue weighted by Crippen LogP contribution is 2.41. The summed E-state index contributed by atoms with van der Waals surface area (Å²) in [4.78, 5) is 30.1. The van der Waals surface area contributed by atoms with Crippen molar-refractivity contribution in [2.45, 2.75) is 57.7 Å². The van der Waals surface area contributed by atoms with Crippen molar-refractivity contribution in [1.82, 2.24) is 4.90 Å². The molecule has 0 aromatic heterocycles. The first-order valence-corrected chi connectivity index (χ1v) is 10.8. The number of fused-ring (bicyclic) bond motifs is 1. The molecular formula is C24H34N2O5. The van der Waals surface area contributed by atoms with Crippen molar-refractivity contribution >= 4 is 17.7 Å². The summed E-state index contributed by atoms with van der Waals surface area (Å²) in [5.74, 6) is 0.168. The van der Waals surface area contributed by atoms with Crippen molar-refractivity contribution < 1.29 is 23.8 Å². The zero-order valence-electron chi connectivity index (χ0n) is 19.2. The molecule has 170 valence electrons. The molecule has 1 aromatic rings. The highest BCUT2D eigenvalue weighted by Gasteiger charge is 2.48. The lowest BCUT2D eigenvalue weighted by Gasteiger charge is -2.45. The van der Waals surface area contributed by atoms with E-state index in [1.54, 1.807) is 12.0 Å². The van der Waals surface area contributed by atoms with Crippen LogP contribution in [-0.2, 0) is 20.7 Å². The second-order valence-corrected chi connectivity index (χ2v) is 9.16. The number of nitrogens with zero attached hydrogens (tertiary/aromatic N) is 2. The fourth-order valence-electron chi connectivity index (χ4n) is 4.79. The summed E-state index contributed by atoms with van der Waals surface area (Å²) in [5, 5.41) is 0. The number of rotatable bonds is 5. The number of likely N-dealkylation sites (tertiary alicyclic amines) is 1. The molecule has 1 aromatic carbocycles. The van der Waals surface area contributed by atoms with E-state index in [2.05, 4.69) is 11.5 Å². The lowest BCUT2D eigenvalue weighted by atomic mass is 9.83. The van der Waals surface area contributed by atoms with Gasteiger partial charge in [0, 0.05) is 12.6 Å². The van der Waals surface area contributed by atoms with Crippen LogP contribution in [0, 0.1) is 5.92 Å². The molecule has 2 aliphatic heterocycles. The third-order valence-electron chi connectivity index (χ3n) is 5.95. The summed E-state index contributed by atoms with van der Waals surface area (Å²) < 4.78 is 16.3. The number of amides is 1. The molecule has 2 heterocycles. The van der Waals surface area contributed by atoms with E-state index in [4.69, 9.17) is 14.2 Å². The second-order valence-electron chi connectivity index (χ2n) is 9.16. The van der Waals surface area contributed by atoms with Gasteiger partial charge in [-0.25, -0.2) is 4.79 Å². The SMILES string of the molecule is C=CCN1CCCC(C(=O)OC)C1C1Cc2cc(OC)ccc2N1C(=O)OC(C)(C)C. The molecule has 0 aliphatic carbocycles. The minimum absolute atomic E-state index is 0.204. The first kappa shape index (κ1) is 23.1. The first-order chi connectivity index (χ1) is 14.7. The smallest absolute Gasteiger partial charge is 0.415 e. The predicted molar refractivity (Wildman–Crippen MR) is 119 cm³/mol. The minimum Gasteiger partial charge on any atom is -0.497 e. The lowest BCUT2D eigenvalue weighted by Crippen LogP contribution is -2.60. The van der Waals surface area contributed by atoms with E-state index in [0.717, 1.165) is 36.4 Å². The molecule has 31 heavy (non-hydrogen) atoms. The fraction of sp³-hybridized carbons (Fsp3) is 0.583. The average Bonchev–Trinajstić information content (AvgIpc) is 3.10. The van der Waals surface area contributed by atoms with Gasteiger partial charge < -0.3 is 14.2 Å². The number of carbonyl (C=O) groups is 2. The normalized spacial score (nSPS) is 23.8. The summed E-state index contributed by atoms with van der Waals surface area (Å²) in [6, 6.07) is 5.23. The number of methoxy groups -OCH3 is 2. The number of carbonyl (C=O) groups excluding carboxylic acids is 2. The number of ether oxygens (including phenoxy) is 3. The molecule has 2 aliphatic rings. The van der Waals surface area contributed by atoms with Crippen LogP contribution < -0.4 is 9.64 Å². The molecule has 7 heteroatoms. The van der Waals surface area contributed by atoms with Crippen molar-refractivity contribution in [3.63, 3.8) is 0 Å². The van der Waals surface area contributed by atoms with Crippen LogP contribution in [0.1, 0.15) is 39.2 Å².